The van der Waals surface area contributed by atoms with Gasteiger partial charge in [0.15, 0.2) is 11.6 Å². The van der Waals surface area contributed by atoms with E-state index in [0.717, 1.165) is 71.2 Å². The van der Waals surface area contributed by atoms with E-state index in [1.54, 1.807) is 38.4 Å². The highest BCUT2D eigenvalue weighted by Gasteiger charge is 2.63. The first kappa shape index (κ1) is 74.5. The Morgan fingerprint density at radius 3 is 1.41 bits per heavy atom. The highest BCUT2D eigenvalue weighted by atomic mass is 32.2. The van der Waals surface area contributed by atoms with Gasteiger partial charge in [0.25, 0.3) is 0 Å². The Labute approximate surface area is 580 Å². The number of methoxy groups -OCH3 is 2. The van der Waals surface area contributed by atoms with Gasteiger partial charge < -0.3 is 44.3 Å². The standard InChI is InChI=1S/C37H47N3O9S.C31H40N4O7S.C5H10O/c1-5-25-19-37(25,36(44)39-50(45,46)28-11-12-28)20-32(41)31-17-27(49-34-29-13-10-22(2)16-24(29)14-15-38-34)21-40(31)35(43)30(23(3)47-4)18-33(42)48-26-8-6-7-9-26;1-5-21-14-31(21,30(38)34-43(39,40)23-7-8-23)15-27(36)26-13-22(17-35(26)29(37)25(16-32)19(3)41-4)42-28-24-9-6-18(2)12-20(24)10-11-33-28;6-5-3-1-2-4-5/h5,10,13-16,23,25-28,30-31H,1,6-9,11-12,17-21H2,2-4H3,(H,39,44);5-6,9-12,19,21-23,25-26H,1,7-8,13-17,32H2,2-4H3,(H,34,38);5-6H,1-4H2/t23-,25+,27+,30-,31-,37+;19-,21+,22+,25-,26-,31+;/m00./s1. The Morgan fingerprint density at radius 2 is 1.04 bits per heavy atom. The summed E-state index contributed by atoms with van der Waals surface area (Å²) in [6.45, 7) is 15.2. The molecule has 2 aromatic carbocycles. The van der Waals surface area contributed by atoms with Crippen molar-refractivity contribution in [3.63, 3.8) is 0 Å². The maximum absolute atomic E-state index is 14.4. The van der Waals surface area contributed by atoms with Crippen molar-refractivity contribution in [2.75, 3.05) is 33.9 Å². The van der Waals surface area contributed by atoms with Crippen LogP contribution in [0.25, 0.3) is 21.5 Å². The van der Waals surface area contributed by atoms with Gasteiger partial charge in [-0.1, -0.05) is 60.4 Å². The molecular formula is C73H97N7O17S2. The monoisotopic (exact) mass is 1410 g/mol. The first-order valence-corrected chi connectivity index (χ1v) is 38.0. The van der Waals surface area contributed by atoms with Crippen molar-refractivity contribution in [3.05, 3.63) is 97.4 Å². The van der Waals surface area contributed by atoms with Gasteiger partial charge in [0.2, 0.25) is 55.4 Å². The van der Waals surface area contributed by atoms with Gasteiger partial charge in [-0.2, -0.15) is 0 Å². The molecule has 2 aromatic heterocycles. The van der Waals surface area contributed by atoms with E-state index < -0.39 is 125 Å². The summed E-state index contributed by atoms with van der Waals surface area (Å²) in [4.78, 5) is 108. The molecule has 6 saturated carbocycles. The Hall–Kier alpha value is -7.23. The maximum Gasteiger partial charge on any atom is 0.306 e. The molecular weight excluding hydrogens is 1310 g/mol. The van der Waals surface area contributed by atoms with Crippen LogP contribution in [0.4, 0.5) is 0 Å². The van der Waals surface area contributed by atoms with Gasteiger partial charge >= 0.3 is 5.97 Å². The number of sulfonamides is 2. The van der Waals surface area contributed by atoms with Crippen LogP contribution >= 0.6 is 0 Å². The molecule has 12 atom stereocenters. The molecule has 2 saturated heterocycles. The van der Waals surface area contributed by atoms with Gasteiger partial charge in [-0.25, -0.2) is 26.8 Å². The molecule has 24 nitrogen and oxygen atoms in total. The van der Waals surface area contributed by atoms with E-state index >= 15 is 0 Å². The van der Waals surface area contributed by atoms with Crippen molar-refractivity contribution >= 4 is 82.8 Å². The fourth-order valence-corrected chi connectivity index (χ4v) is 17.3. The van der Waals surface area contributed by atoms with Crippen LogP contribution in [0.2, 0.25) is 0 Å². The molecule has 8 fully saturated rings. The molecule has 538 valence electrons. The van der Waals surface area contributed by atoms with E-state index in [1.807, 2.05) is 62.4 Å². The number of ether oxygens (including phenoxy) is 5. The maximum atomic E-state index is 14.4. The molecule has 0 radical (unpaired) electrons. The van der Waals surface area contributed by atoms with Gasteiger partial charge in [0.05, 0.1) is 83.1 Å². The van der Waals surface area contributed by atoms with Crippen LogP contribution < -0.4 is 24.7 Å². The number of carbonyl (C=O) groups is 7. The number of allylic oxidation sites excluding steroid dienone is 2. The van der Waals surface area contributed by atoms with E-state index in [4.69, 9.17) is 34.5 Å². The number of benzene rings is 2. The number of fused-ring (bicyclic) bond motifs is 2. The highest BCUT2D eigenvalue weighted by Crippen LogP contribution is 2.58. The third kappa shape index (κ3) is 17.4. The average molecular weight is 1410 g/mol. The molecule has 6 aliphatic carbocycles. The second kappa shape index (κ2) is 31.3. The average Bonchev–Trinajstić information content (AvgIpc) is 1.58. The molecule has 12 rings (SSSR count). The summed E-state index contributed by atoms with van der Waals surface area (Å²) in [7, 11) is -4.69. The summed E-state index contributed by atoms with van der Waals surface area (Å²) in [6, 6.07) is 13.7. The molecule has 26 heteroatoms. The first-order valence-electron chi connectivity index (χ1n) is 34.9. The predicted molar refractivity (Wildman–Crippen MR) is 369 cm³/mol. The first-order chi connectivity index (χ1) is 47.2. The van der Waals surface area contributed by atoms with Gasteiger partial charge in [0.1, 0.15) is 18.3 Å². The molecule has 4 amide bonds. The van der Waals surface area contributed by atoms with E-state index in [0.29, 0.717) is 43.9 Å². The number of carbonyl (C=O) groups excluding carboxylic acids is 7. The number of aromatic nitrogens is 2. The third-order valence-corrected chi connectivity index (χ3v) is 25.0. The number of esters is 1. The molecule has 0 bridgehead atoms. The summed E-state index contributed by atoms with van der Waals surface area (Å²) in [6.07, 6.45) is 14.2. The topological polar surface area (TPSA) is 336 Å². The Morgan fingerprint density at radius 1 is 0.626 bits per heavy atom. The van der Waals surface area contributed by atoms with Gasteiger partial charge in [0, 0.05) is 69.6 Å². The zero-order valence-corrected chi connectivity index (χ0v) is 59.3. The molecule has 99 heavy (non-hydrogen) atoms. The van der Waals surface area contributed by atoms with E-state index in [1.165, 1.54) is 36.9 Å². The summed E-state index contributed by atoms with van der Waals surface area (Å²) in [5, 5.41) is 11.0. The third-order valence-electron chi connectivity index (χ3n) is 21.4. The minimum Gasteiger partial charge on any atom is -0.472 e. The smallest absolute Gasteiger partial charge is 0.306 e. The van der Waals surface area contributed by atoms with Crippen molar-refractivity contribution in [1.82, 2.24) is 29.2 Å². The van der Waals surface area contributed by atoms with Crippen molar-refractivity contribution < 1.29 is 79.2 Å². The fraction of sp³-hybridized carbons (Fsp3) is 0.603. The number of Topliss-reactive ketones (excluding diaryl/α,β-unsaturated/α-hetero) is 2. The molecule has 2 aliphatic heterocycles. The van der Waals surface area contributed by atoms with Crippen LogP contribution in [0.5, 0.6) is 11.8 Å². The molecule has 8 aliphatic rings. The van der Waals surface area contributed by atoms with Crippen molar-refractivity contribution in [2.45, 2.75) is 209 Å². The molecule has 4 heterocycles. The van der Waals surface area contributed by atoms with Crippen LogP contribution in [0, 0.1) is 48.3 Å². The zero-order valence-electron chi connectivity index (χ0n) is 57.6. The van der Waals surface area contributed by atoms with Crippen molar-refractivity contribution in [3.8, 4) is 11.8 Å². The number of nitrogens with two attached hydrogens (primary N) is 1. The molecule has 0 unspecified atom stereocenters. The van der Waals surface area contributed by atoms with Crippen molar-refractivity contribution in [1.29, 1.82) is 0 Å². The second-order valence-electron chi connectivity index (χ2n) is 28.6. The lowest BCUT2D eigenvalue weighted by atomic mass is 9.90. The van der Waals surface area contributed by atoms with Crippen LogP contribution in [-0.4, -0.2) is 176 Å². The van der Waals surface area contributed by atoms with Gasteiger partial charge in [-0.05, 0) is 152 Å². The number of hydrogen-bond donors (Lipinski definition) is 4. The highest BCUT2D eigenvalue weighted by molar-refractivity contribution is 7.91. The van der Waals surface area contributed by atoms with Gasteiger partial charge in [-0.15, -0.1) is 13.2 Å². The minimum absolute atomic E-state index is 0.0188. The van der Waals surface area contributed by atoms with Crippen LogP contribution in [0.15, 0.2) is 86.2 Å². The number of pyridine rings is 2. The zero-order chi connectivity index (χ0) is 71.3. The van der Waals surface area contributed by atoms with E-state index in [2.05, 4.69) is 32.6 Å². The van der Waals surface area contributed by atoms with E-state index in [-0.39, 0.29) is 88.0 Å². The molecule has 5 N–H and O–H groups in total. The number of ketones is 2. The number of aliphatic hydroxyl groups excluding tert-OH is 1. The normalized spacial score (nSPS) is 26.3. The lowest BCUT2D eigenvalue weighted by Gasteiger charge is -2.31. The quantitative estimate of drug-likeness (QED) is 0.0318. The predicted octanol–water partition coefficient (Wildman–Crippen LogP) is 7.36. The SMILES string of the molecule is C=C[C@@H]1C[C@]1(CC(=O)[C@@H]1C[C@@H](Oc2nccc3cc(C)ccc23)CN1C(=O)[C@@H](CC(=O)OC1CCCC1)[C@H](C)OC)C(=O)NS(=O)(=O)C1CC1.C=C[C@@H]1C[C@]1(CC(=O)[C@@H]1C[C@@H](Oc2nccc3cc(C)ccc23)CN1C(=O)[C@@H](CN)[C@H](C)OC)C(=O)NS(=O)(=O)C1CC1.OC1CCCC1. The second-order valence-corrected chi connectivity index (χ2v) is 32.5. The fourth-order valence-electron chi connectivity index (χ4n) is 14.5. The molecule has 0 spiro atoms. The molecule has 4 aromatic rings. The number of amides is 4. The number of rotatable bonds is 28. The minimum atomic E-state index is -3.84. The van der Waals surface area contributed by atoms with Crippen LogP contribution in [0.3, 0.4) is 0 Å². The summed E-state index contributed by atoms with van der Waals surface area (Å²) in [5.74, 6) is -5.06. The number of likely N-dealkylation sites (tertiary alicyclic amines) is 2. The van der Waals surface area contributed by atoms with E-state index in [9.17, 15) is 50.4 Å². The Balaban J connectivity index is 0.000000199. The largest absolute Gasteiger partial charge is 0.472 e. The number of aliphatic hydroxyl groups is 1. The lowest BCUT2D eigenvalue weighted by Crippen LogP contribution is -2.49. The number of hydrogen-bond acceptors (Lipinski definition) is 20. The summed E-state index contributed by atoms with van der Waals surface area (Å²) >= 11 is 0. The van der Waals surface area contributed by atoms with Crippen LogP contribution in [-0.2, 0) is 67.8 Å². The lowest BCUT2D eigenvalue weighted by molar-refractivity contribution is -0.157. The number of nitrogens with zero attached hydrogens (tertiary/aromatic N) is 4. The van der Waals surface area contributed by atoms with Crippen LogP contribution in [0.1, 0.15) is 147 Å². The summed E-state index contributed by atoms with van der Waals surface area (Å²) < 4.78 is 84.3. The summed E-state index contributed by atoms with van der Waals surface area (Å²) in [5.41, 5.74) is 5.63. The number of aryl methyl sites for hydroxylation is 2. The van der Waals surface area contributed by atoms with Gasteiger partial charge in [-0.3, -0.25) is 43.0 Å². The Bertz CT molecular complexity index is 3930. The Kier molecular flexibility index (Phi) is 23.6. The number of nitrogens with one attached hydrogen (secondary N) is 2. The van der Waals surface area contributed by atoms with Crippen molar-refractivity contribution in [2.24, 2.45) is 40.2 Å².